The fourth-order valence-electron chi connectivity index (χ4n) is 2.84. The third-order valence-corrected chi connectivity index (χ3v) is 4.45. The fraction of sp³-hybridized carbons (Fsp3) is 0.0417. The molecule has 0 unspecified atom stereocenters. The zero-order valence-electron chi connectivity index (χ0n) is 16.6. The zero-order valence-corrected chi connectivity index (χ0v) is 16.6. The van der Waals surface area contributed by atoms with Crippen molar-refractivity contribution in [2.24, 2.45) is 0 Å². The van der Waals surface area contributed by atoms with Crippen LogP contribution in [0.15, 0.2) is 84.9 Å². The normalized spacial score (nSPS) is 10.4. The van der Waals surface area contributed by atoms with Gasteiger partial charge in [0.25, 0.3) is 5.91 Å². The molecule has 31 heavy (non-hydrogen) atoms. The molecule has 0 aliphatic heterocycles. The molecule has 7 heteroatoms. The Morgan fingerprint density at radius 2 is 1.61 bits per heavy atom. The monoisotopic (exact) mass is 415 g/mol. The van der Waals surface area contributed by atoms with Gasteiger partial charge < -0.3 is 14.8 Å². The predicted molar refractivity (Wildman–Crippen MR) is 115 cm³/mol. The lowest BCUT2D eigenvalue weighted by Crippen LogP contribution is -2.11. The van der Waals surface area contributed by atoms with Crippen LogP contribution in [0.5, 0.6) is 17.4 Å². The van der Waals surface area contributed by atoms with E-state index in [1.54, 1.807) is 55.6 Å². The molecule has 0 aliphatic rings. The average Bonchev–Trinajstić information content (AvgIpc) is 2.81. The lowest BCUT2D eigenvalue weighted by atomic mass is 10.1. The van der Waals surface area contributed by atoms with E-state index in [0.717, 1.165) is 5.56 Å². The van der Waals surface area contributed by atoms with Crippen molar-refractivity contribution < 1.29 is 18.7 Å². The molecule has 0 aliphatic carbocycles. The maximum atomic E-state index is 13.0. The number of amides is 1. The van der Waals surface area contributed by atoms with Gasteiger partial charge in [-0.05, 0) is 54.6 Å². The maximum Gasteiger partial charge on any atom is 0.255 e. The number of rotatable bonds is 6. The second-order valence-corrected chi connectivity index (χ2v) is 6.58. The van der Waals surface area contributed by atoms with Crippen molar-refractivity contribution in [1.29, 1.82) is 0 Å². The van der Waals surface area contributed by atoms with Crippen LogP contribution in [-0.4, -0.2) is 23.2 Å². The smallest absolute Gasteiger partial charge is 0.255 e. The summed E-state index contributed by atoms with van der Waals surface area (Å²) in [5.41, 5.74) is 2.44. The predicted octanol–water partition coefficient (Wildman–Crippen LogP) is 5.34. The first-order valence-electron chi connectivity index (χ1n) is 9.44. The molecule has 0 saturated heterocycles. The topological polar surface area (TPSA) is 73.3 Å². The van der Waals surface area contributed by atoms with Crippen molar-refractivity contribution in [1.82, 2.24) is 10.2 Å². The standard InChI is InChI=1S/C24H18FN3O3/c1-30-20-3-2-4-21(15-20)31-23-14-13-22(27-28-23)16-5-7-17(8-6-16)24(29)26-19-11-9-18(25)10-12-19/h2-15H,1H3,(H,26,29). The summed E-state index contributed by atoms with van der Waals surface area (Å²) in [4.78, 5) is 12.4. The van der Waals surface area contributed by atoms with Crippen molar-refractivity contribution in [2.75, 3.05) is 12.4 Å². The highest BCUT2D eigenvalue weighted by Gasteiger charge is 2.08. The molecule has 0 saturated carbocycles. The van der Waals surface area contributed by atoms with E-state index >= 15 is 0 Å². The van der Waals surface area contributed by atoms with E-state index in [1.807, 2.05) is 12.1 Å². The number of anilines is 1. The molecule has 0 spiro atoms. The highest BCUT2D eigenvalue weighted by atomic mass is 19.1. The van der Waals surface area contributed by atoms with E-state index in [2.05, 4.69) is 15.5 Å². The van der Waals surface area contributed by atoms with Crippen LogP contribution in [0.4, 0.5) is 10.1 Å². The Bertz CT molecular complexity index is 1180. The number of nitrogens with zero attached hydrogens (tertiary/aromatic N) is 2. The summed E-state index contributed by atoms with van der Waals surface area (Å²) in [6.45, 7) is 0. The summed E-state index contributed by atoms with van der Waals surface area (Å²) in [5, 5.41) is 11.0. The fourth-order valence-corrected chi connectivity index (χ4v) is 2.84. The van der Waals surface area contributed by atoms with Gasteiger partial charge in [-0.15, -0.1) is 10.2 Å². The van der Waals surface area contributed by atoms with Crippen molar-refractivity contribution >= 4 is 11.6 Å². The Morgan fingerprint density at radius 3 is 2.29 bits per heavy atom. The van der Waals surface area contributed by atoms with Gasteiger partial charge in [0, 0.05) is 28.9 Å². The van der Waals surface area contributed by atoms with Crippen molar-refractivity contribution in [3.63, 3.8) is 0 Å². The molecule has 6 nitrogen and oxygen atoms in total. The van der Waals surface area contributed by atoms with Crippen LogP contribution in [0.2, 0.25) is 0 Å². The maximum absolute atomic E-state index is 13.0. The number of benzene rings is 3. The number of hydrogen-bond acceptors (Lipinski definition) is 5. The molecule has 1 heterocycles. The molecule has 0 radical (unpaired) electrons. The number of methoxy groups -OCH3 is 1. The van der Waals surface area contributed by atoms with Crippen molar-refractivity contribution in [3.8, 4) is 28.6 Å². The summed E-state index contributed by atoms with van der Waals surface area (Å²) >= 11 is 0. The van der Waals surface area contributed by atoms with Crippen molar-refractivity contribution in [3.05, 3.63) is 96.3 Å². The lowest BCUT2D eigenvalue weighted by Gasteiger charge is -2.07. The third-order valence-electron chi connectivity index (χ3n) is 4.45. The molecule has 4 rings (SSSR count). The largest absolute Gasteiger partial charge is 0.497 e. The number of aromatic nitrogens is 2. The quantitative estimate of drug-likeness (QED) is 0.460. The van der Waals surface area contributed by atoms with E-state index in [-0.39, 0.29) is 11.7 Å². The van der Waals surface area contributed by atoms with Crippen molar-refractivity contribution in [2.45, 2.75) is 0 Å². The molecule has 0 fully saturated rings. The second-order valence-electron chi connectivity index (χ2n) is 6.58. The van der Waals surface area contributed by atoms with Gasteiger partial charge in [-0.2, -0.15) is 0 Å². The minimum atomic E-state index is -0.358. The van der Waals surface area contributed by atoms with Crippen LogP contribution in [0.3, 0.4) is 0 Å². The SMILES string of the molecule is COc1cccc(Oc2ccc(-c3ccc(C(=O)Nc4ccc(F)cc4)cc3)nn2)c1. The number of carbonyl (C=O) groups is 1. The van der Waals surface area contributed by atoms with E-state index in [1.165, 1.54) is 24.3 Å². The Hall–Kier alpha value is -4.26. The van der Waals surface area contributed by atoms with Gasteiger partial charge in [0.1, 0.15) is 17.3 Å². The number of ether oxygens (including phenoxy) is 2. The second kappa shape index (κ2) is 9.04. The molecule has 0 atom stereocenters. The summed E-state index contributed by atoms with van der Waals surface area (Å²) in [6.07, 6.45) is 0. The van der Waals surface area contributed by atoms with Gasteiger partial charge in [0.15, 0.2) is 0 Å². The zero-order chi connectivity index (χ0) is 21.6. The Kier molecular flexibility index (Phi) is 5.84. The summed E-state index contributed by atoms with van der Waals surface area (Å²) in [5.74, 6) is 0.991. The van der Waals surface area contributed by atoms with Gasteiger partial charge in [-0.25, -0.2) is 4.39 Å². The first kappa shape index (κ1) is 20.0. The molecule has 1 aromatic heterocycles. The minimum absolute atomic E-state index is 0.286. The van der Waals surface area contributed by atoms with Gasteiger partial charge >= 0.3 is 0 Å². The molecule has 0 bridgehead atoms. The Morgan fingerprint density at radius 1 is 0.871 bits per heavy atom. The van der Waals surface area contributed by atoms with Crippen LogP contribution in [-0.2, 0) is 0 Å². The van der Waals surface area contributed by atoms with Crippen LogP contribution in [0.1, 0.15) is 10.4 Å². The molecule has 1 amide bonds. The van der Waals surface area contributed by atoms with Crippen LogP contribution in [0, 0.1) is 5.82 Å². The lowest BCUT2D eigenvalue weighted by molar-refractivity contribution is 0.102. The van der Waals surface area contributed by atoms with Crippen LogP contribution < -0.4 is 14.8 Å². The molecular formula is C24H18FN3O3. The third kappa shape index (κ3) is 5.02. The van der Waals surface area contributed by atoms with Crippen LogP contribution >= 0.6 is 0 Å². The van der Waals surface area contributed by atoms with Crippen LogP contribution in [0.25, 0.3) is 11.3 Å². The Balaban J connectivity index is 1.42. The first-order chi connectivity index (χ1) is 15.1. The summed E-state index contributed by atoms with van der Waals surface area (Å²) in [7, 11) is 1.59. The molecule has 1 N–H and O–H groups in total. The molecular weight excluding hydrogens is 397 g/mol. The number of halogens is 1. The highest BCUT2D eigenvalue weighted by molar-refractivity contribution is 6.04. The van der Waals surface area contributed by atoms with Gasteiger partial charge in [-0.1, -0.05) is 18.2 Å². The van der Waals surface area contributed by atoms with Gasteiger partial charge in [0.05, 0.1) is 12.8 Å². The number of carbonyl (C=O) groups excluding carboxylic acids is 1. The molecule has 4 aromatic rings. The van der Waals surface area contributed by atoms with E-state index in [0.29, 0.717) is 34.3 Å². The first-order valence-corrected chi connectivity index (χ1v) is 9.44. The Labute approximate surface area is 178 Å². The minimum Gasteiger partial charge on any atom is -0.497 e. The summed E-state index contributed by atoms with van der Waals surface area (Å²) < 4.78 is 23.9. The molecule has 3 aromatic carbocycles. The average molecular weight is 415 g/mol. The van der Waals surface area contributed by atoms with E-state index in [9.17, 15) is 9.18 Å². The number of hydrogen-bond donors (Lipinski definition) is 1. The van der Waals surface area contributed by atoms with Gasteiger partial charge in [0.2, 0.25) is 5.88 Å². The summed E-state index contributed by atoms with van der Waals surface area (Å²) in [6, 6.07) is 23.3. The van der Waals surface area contributed by atoms with E-state index < -0.39 is 0 Å². The highest BCUT2D eigenvalue weighted by Crippen LogP contribution is 2.25. The van der Waals surface area contributed by atoms with E-state index in [4.69, 9.17) is 9.47 Å². The van der Waals surface area contributed by atoms with Gasteiger partial charge in [-0.3, -0.25) is 4.79 Å². The molecule has 154 valence electrons. The number of nitrogens with one attached hydrogen (secondary N) is 1.